The van der Waals surface area contributed by atoms with Crippen LogP contribution in [0, 0.1) is 11.3 Å². The van der Waals surface area contributed by atoms with E-state index < -0.39 is 0 Å². The third kappa shape index (κ3) is 3.77. The van der Waals surface area contributed by atoms with Crippen LogP contribution < -0.4 is 10.6 Å². The van der Waals surface area contributed by atoms with Gasteiger partial charge in [-0.05, 0) is 30.9 Å². The predicted octanol–water partition coefficient (Wildman–Crippen LogP) is 2.77. The number of amides is 1. The van der Waals surface area contributed by atoms with Crippen LogP contribution in [0.1, 0.15) is 31.2 Å². The van der Waals surface area contributed by atoms with Crippen LogP contribution in [0.4, 0.5) is 0 Å². The lowest BCUT2D eigenvalue weighted by molar-refractivity contribution is -0.117. The number of nitrogens with zero attached hydrogens (tertiary/aromatic N) is 1. The van der Waals surface area contributed by atoms with Gasteiger partial charge in [0.15, 0.2) is 0 Å². The first-order valence-corrected chi connectivity index (χ1v) is 8.47. The van der Waals surface area contributed by atoms with E-state index in [1.165, 1.54) is 17.1 Å². The highest BCUT2D eigenvalue weighted by molar-refractivity contribution is 5.97. The summed E-state index contributed by atoms with van der Waals surface area (Å²) in [5, 5.41) is 16.4. The highest BCUT2D eigenvalue weighted by Gasteiger charge is 2.19. The Hall–Kier alpha value is -2.74. The Labute approximate surface area is 141 Å². The number of aromatic nitrogens is 1. The van der Waals surface area contributed by atoms with Gasteiger partial charge in [-0.25, -0.2) is 0 Å². The van der Waals surface area contributed by atoms with Gasteiger partial charge in [0.2, 0.25) is 0 Å². The van der Waals surface area contributed by atoms with Crippen molar-refractivity contribution in [3.05, 3.63) is 47.8 Å². The fourth-order valence-corrected chi connectivity index (χ4v) is 3.20. The van der Waals surface area contributed by atoms with Gasteiger partial charge in [-0.15, -0.1) is 0 Å². The summed E-state index contributed by atoms with van der Waals surface area (Å²) >= 11 is 0. The van der Waals surface area contributed by atoms with Gasteiger partial charge in [-0.2, -0.15) is 5.26 Å². The molecule has 1 aromatic heterocycles. The van der Waals surface area contributed by atoms with Crippen molar-refractivity contribution in [2.75, 3.05) is 6.54 Å². The summed E-state index contributed by atoms with van der Waals surface area (Å²) in [6, 6.07) is 10.4. The molecular weight excluding hydrogens is 300 g/mol. The number of nitriles is 1. The van der Waals surface area contributed by atoms with Crippen LogP contribution in [0.15, 0.2) is 42.2 Å². The Balaban J connectivity index is 1.52. The summed E-state index contributed by atoms with van der Waals surface area (Å²) in [7, 11) is 0. The molecule has 1 fully saturated rings. The topological polar surface area (TPSA) is 80.7 Å². The number of hydrogen-bond donors (Lipinski definition) is 3. The summed E-state index contributed by atoms with van der Waals surface area (Å²) in [4.78, 5) is 15.3. The SMILES string of the molecule is N#C/C(=C/NCCc1c[nH]c2ccccc12)C(=O)NC1CCCC1. The number of carbonyl (C=O) groups is 1. The van der Waals surface area contributed by atoms with Gasteiger partial charge in [-0.3, -0.25) is 4.79 Å². The van der Waals surface area contributed by atoms with Crippen molar-refractivity contribution in [2.24, 2.45) is 0 Å². The zero-order chi connectivity index (χ0) is 16.8. The van der Waals surface area contributed by atoms with Crippen molar-refractivity contribution in [2.45, 2.75) is 38.1 Å². The van der Waals surface area contributed by atoms with E-state index in [1.807, 2.05) is 30.5 Å². The number of rotatable bonds is 6. The normalized spacial score (nSPS) is 15.4. The third-order valence-electron chi connectivity index (χ3n) is 4.52. The summed E-state index contributed by atoms with van der Waals surface area (Å²) < 4.78 is 0. The molecule has 5 nitrogen and oxygen atoms in total. The molecule has 1 amide bonds. The molecule has 2 aromatic rings. The molecule has 0 aliphatic heterocycles. The summed E-state index contributed by atoms with van der Waals surface area (Å²) in [5.74, 6) is -0.274. The van der Waals surface area contributed by atoms with Gasteiger partial charge in [0.1, 0.15) is 11.6 Å². The molecular formula is C19H22N4O. The lowest BCUT2D eigenvalue weighted by atomic mass is 10.1. The zero-order valence-electron chi connectivity index (χ0n) is 13.6. The first kappa shape index (κ1) is 16.1. The van der Waals surface area contributed by atoms with E-state index in [0.29, 0.717) is 6.54 Å². The van der Waals surface area contributed by atoms with Crippen LogP contribution in [0.25, 0.3) is 10.9 Å². The van der Waals surface area contributed by atoms with Crippen molar-refractivity contribution >= 4 is 16.8 Å². The van der Waals surface area contributed by atoms with E-state index in [9.17, 15) is 10.1 Å². The molecule has 0 bridgehead atoms. The number of benzene rings is 1. The average Bonchev–Trinajstić information content (AvgIpc) is 3.25. The second-order valence-electron chi connectivity index (χ2n) is 6.19. The maximum atomic E-state index is 12.1. The summed E-state index contributed by atoms with van der Waals surface area (Å²) in [6.45, 7) is 0.670. The molecule has 0 atom stereocenters. The fourth-order valence-electron chi connectivity index (χ4n) is 3.20. The number of carbonyl (C=O) groups excluding carboxylic acids is 1. The van der Waals surface area contributed by atoms with Crippen LogP contribution in [-0.2, 0) is 11.2 Å². The van der Waals surface area contributed by atoms with Crippen LogP contribution in [0.2, 0.25) is 0 Å². The van der Waals surface area contributed by atoms with Crippen molar-refractivity contribution in [1.29, 1.82) is 5.26 Å². The number of H-pyrrole nitrogens is 1. The van der Waals surface area contributed by atoms with Crippen molar-refractivity contribution < 1.29 is 4.79 Å². The second-order valence-corrected chi connectivity index (χ2v) is 6.19. The van der Waals surface area contributed by atoms with Crippen molar-refractivity contribution in [3.63, 3.8) is 0 Å². The van der Waals surface area contributed by atoms with Crippen LogP contribution in [-0.4, -0.2) is 23.5 Å². The number of fused-ring (bicyclic) bond motifs is 1. The molecule has 1 aliphatic rings. The highest BCUT2D eigenvalue weighted by Crippen LogP contribution is 2.18. The molecule has 3 rings (SSSR count). The lowest BCUT2D eigenvalue weighted by Crippen LogP contribution is -2.34. The largest absolute Gasteiger partial charge is 0.389 e. The molecule has 124 valence electrons. The number of para-hydroxylation sites is 1. The molecule has 1 saturated carbocycles. The number of aromatic amines is 1. The zero-order valence-corrected chi connectivity index (χ0v) is 13.6. The maximum Gasteiger partial charge on any atom is 0.263 e. The Bertz CT molecular complexity index is 778. The summed E-state index contributed by atoms with van der Waals surface area (Å²) in [5.41, 5.74) is 2.48. The van der Waals surface area contributed by atoms with Crippen LogP contribution in [0.5, 0.6) is 0 Å². The molecule has 24 heavy (non-hydrogen) atoms. The minimum absolute atomic E-state index is 0.140. The molecule has 0 radical (unpaired) electrons. The van der Waals surface area contributed by atoms with E-state index in [4.69, 9.17) is 0 Å². The van der Waals surface area contributed by atoms with Crippen molar-refractivity contribution in [3.8, 4) is 6.07 Å². The maximum absolute atomic E-state index is 12.1. The summed E-state index contributed by atoms with van der Waals surface area (Å²) in [6.07, 6.45) is 8.69. The molecule has 0 unspecified atom stereocenters. The minimum Gasteiger partial charge on any atom is -0.389 e. The van der Waals surface area contributed by atoms with Gasteiger partial charge in [0, 0.05) is 35.9 Å². The minimum atomic E-state index is -0.274. The number of hydrogen-bond acceptors (Lipinski definition) is 3. The quantitative estimate of drug-likeness (QED) is 0.434. The van der Waals surface area contributed by atoms with Crippen LogP contribution in [0.3, 0.4) is 0 Å². The molecule has 0 saturated heterocycles. The molecule has 1 heterocycles. The first-order valence-electron chi connectivity index (χ1n) is 8.47. The van der Waals surface area contributed by atoms with Gasteiger partial charge in [-0.1, -0.05) is 31.0 Å². The molecule has 1 aromatic carbocycles. The van der Waals surface area contributed by atoms with Crippen molar-refractivity contribution in [1.82, 2.24) is 15.6 Å². The molecule has 5 heteroatoms. The second kappa shape index (κ2) is 7.69. The first-order chi connectivity index (χ1) is 11.8. The van der Waals surface area contributed by atoms with Gasteiger partial charge in [0.05, 0.1) is 0 Å². The Morgan fingerprint density at radius 1 is 1.33 bits per heavy atom. The Morgan fingerprint density at radius 3 is 2.92 bits per heavy atom. The monoisotopic (exact) mass is 322 g/mol. The predicted molar refractivity (Wildman–Crippen MR) is 94.1 cm³/mol. The Kier molecular flexibility index (Phi) is 5.17. The van der Waals surface area contributed by atoms with Gasteiger partial charge in [0.25, 0.3) is 5.91 Å². The third-order valence-corrected chi connectivity index (χ3v) is 4.52. The number of nitrogens with one attached hydrogen (secondary N) is 3. The molecule has 1 aliphatic carbocycles. The van der Waals surface area contributed by atoms with E-state index in [0.717, 1.165) is 37.6 Å². The lowest BCUT2D eigenvalue weighted by Gasteiger charge is -2.11. The van der Waals surface area contributed by atoms with E-state index in [2.05, 4.69) is 21.7 Å². The van der Waals surface area contributed by atoms with E-state index >= 15 is 0 Å². The van der Waals surface area contributed by atoms with E-state index in [1.54, 1.807) is 0 Å². The van der Waals surface area contributed by atoms with Gasteiger partial charge >= 0.3 is 0 Å². The van der Waals surface area contributed by atoms with Gasteiger partial charge < -0.3 is 15.6 Å². The molecule has 0 spiro atoms. The molecule has 3 N–H and O–H groups in total. The fraction of sp³-hybridized carbons (Fsp3) is 0.368. The highest BCUT2D eigenvalue weighted by atomic mass is 16.1. The standard InChI is InChI=1S/C19H22N4O/c20-11-15(19(24)23-16-5-1-2-6-16)12-21-10-9-14-13-22-18-8-4-3-7-17(14)18/h3-4,7-8,12-13,16,21-22H,1-2,5-6,9-10H2,(H,23,24)/b15-12-. The van der Waals surface area contributed by atoms with E-state index in [-0.39, 0.29) is 17.5 Å². The smallest absolute Gasteiger partial charge is 0.263 e. The van der Waals surface area contributed by atoms with Crippen LogP contribution >= 0.6 is 0 Å². The average molecular weight is 322 g/mol. The Morgan fingerprint density at radius 2 is 2.12 bits per heavy atom.